The van der Waals surface area contributed by atoms with Gasteiger partial charge in [0.1, 0.15) is 11.5 Å². The average Bonchev–Trinajstić information content (AvgIpc) is 2.88. The number of esters is 1. The lowest BCUT2D eigenvalue weighted by atomic mass is 9.74. The molecule has 0 bridgehead atoms. The number of carbonyl (C=O) groups is 1. The molecular formula is C37H58O3. The number of benzene rings is 2. The van der Waals surface area contributed by atoms with E-state index in [4.69, 9.17) is 4.74 Å². The van der Waals surface area contributed by atoms with Crippen LogP contribution in [-0.4, -0.2) is 11.1 Å². The lowest BCUT2D eigenvalue weighted by Gasteiger charge is -2.31. The van der Waals surface area contributed by atoms with Gasteiger partial charge in [-0.15, -0.1) is 0 Å². The molecule has 0 heterocycles. The number of unbranched alkanes of at least 4 members (excludes halogenated alkanes) is 13. The van der Waals surface area contributed by atoms with Gasteiger partial charge in [0, 0.05) is 11.1 Å². The van der Waals surface area contributed by atoms with Gasteiger partial charge in [-0.05, 0) is 47.4 Å². The molecule has 2 rings (SSSR count). The standard InChI is InChI=1S/C37H58O3/c1-8-9-10-11-12-13-14-15-16-17-18-19-20-24-27-30-31(35(39)40-29-25-22-21-23-26-29)28-32(36(2,3)4)34(38)33(30)37(5,6)7/h21-23,25-26,28,38H,8-20,24,27H2,1-7H3. The van der Waals surface area contributed by atoms with E-state index in [2.05, 4.69) is 48.5 Å². The SMILES string of the molecule is CCCCCCCCCCCCCCCCc1c(C(=O)Oc2ccccc2)cc(C(C)(C)C)c(O)c1C(C)(C)C. The molecule has 0 unspecified atom stereocenters. The molecule has 40 heavy (non-hydrogen) atoms. The molecule has 2 aromatic carbocycles. The summed E-state index contributed by atoms with van der Waals surface area (Å²) in [5.74, 6) is 0.525. The Kier molecular flexibility index (Phi) is 14.3. The molecule has 0 amide bonds. The van der Waals surface area contributed by atoms with Crippen molar-refractivity contribution in [3.05, 3.63) is 58.7 Å². The molecule has 3 heteroatoms. The van der Waals surface area contributed by atoms with Gasteiger partial charge in [-0.25, -0.2) is 4.79 Å². The van der Waals surface area contributed by atoms with Gasteiger partial charge >= 0.3 is 5.97 Å². The zero-order valence-electron chi connectivity index (χ0n) is 26.8. The normalized spacial score (nSPS) is 12.1. The maximum absolute atomic E-state index is 13.5. The lowest BCUT2D eigenvalue weighted by molar-refractivity contribution is 0.0733. The Bertz CT molecular complexity index is 1010. The van der Waals surface area contributed by atoms with Crippen LogP contribution in [0, 0.1) is 0 Å². The minimum absolute atomic E-state index is 0.306. The fourth-order valence-electron chi connectivity index (χ4n) is 5.68. The van der Waals surface area contributed by atoms with Crippen LogP contribution in [0.3, 0.4) is 0 Å². The molecule has 224 valence electrons. The molecule has 0 aliphatic rings. The summed E-state index contributed by atoms with van der Waals surface area (Å²) in [5.41, 5.74) is 2.60. The first kappa shape index (κ1) is 33.9. The number of hydrogen-bond acceptors (Lipinski definition) is 3. The number of hydrogen-bond donors (Lipinski definition) is 1. The number of para-hydroxylation sites is 1. The summed E-state index contributed by atoms with van der Waals surface area (Å²) in [4.78, 5) is 13.5. The van der Waals surface area contributed by atoms with Crippen LogP contribution >= 0.6 is 0 Å². The third-order valence-corrected chi connectivity index (χ3v) is 7.92. The Labute approximate surface area is 246 Å². The molecule has 0 saturated heterocycles. The Morgan fingerprint density at radius 3 is 1.62 bits per heavy atom. The van der Waals surface area contributed by atoms with E-state index >= 15 is 0 Å². The van der Waals surface area contributed by atoms with Gasteiger partial charge in [-0.2, -0.15) is 0 Å². The minimum Gasteiger partial charge on any atom is -0.507 e. The van der Waals surface area contributed by atoms with Gasteiger partial charge in [0.15, 0.2) is 0 Å². The predicted octanol–water partition coefficient (Wildman–Crippen LogP) is 11.2. The Hall–Kier alpha value is -2.29. The zero-order valence-corrected chi connectivity index (χ0v) is 26.8. The average molecular weight is 551 g/mol. The Morgan fingerprint density at radius 2 is 1.18 bits per heavy atom. The maximum atomic E-state index is 13.5. The lowest BCUT2D eigenvalue weighted by Crippen LogP contribution is -2.23. The molecule has 0 aliphatic heterocycles. The van der Waals surface area contributed by atoms with Crippen LogP contribution in [0.1, 0.15) is 165 Å². The fraction of sp³-hybridized carbons (Fsp3) is 0.649. The Morgan fingerprint density at radius 1 is 0.700 bits per heavy atom. The molecule has 0 radical (unpaired) electrons. The highest BCUT2D eigenvalue weighted by Gasteiger charge is 2.32. The first-order valence-electron chi connectivity index (χ1n) is 16.1. The van der Waals surface area contributed by atoms with Crippen LogP contribution < -0.4 is 4.74 Å². The van der Waals surface area contributed by atoms with Crippen molar-refractivity contribution < 1.29 is 14.6 Å². The third-order valence-electron chi connectivity index (χ3n) is 7.92. The monoisotopic (exact) mass is 550 g/mol. The van der Waals surface area contributed by atoms with Gasteiger partial charge in [0.05, 0.1) is 5.56 Å². The van der Waals surface area contributed by atoms with Gasteiger partial charge in [-0.3, -0.25) is 0 Å². The van der Waals surface area contributed by atoms with E-state index in [9.17, 15) is 9.90 Å². The second kappa shape index (κ2) is 16.8. The summed E-state index contributed by atoms with van der Waals surface area (Å²) in [6.45, 7) is 14.9. The van der Waals surface area contributed by atoms with E-state index in [0.29, 0.717) is 17.1 Å². The van der Waals surface area contributed by atoms with Crippen LogP contribution in [0.15, 0.2) is 36.4 Å². The van der Waals surface area contributed by atoms with Gasteiger partial charge in [-0.1, -0.05) is 150 Å². The van der Waals surface area contributed by atoms with Crippen LogP contribution in [-0.2, 0) is 17.3 Å². The van der Waals surface area contributed by atoms with Gasteiger partial charge in [0.25, 0.3) is 0 Å². The number of phenolic OH excluding ortho intramolecular Hbond substituents is 1. The van der Waals surface area contributed by atoms with E-state index in [1.165, 1.54) is 77.0 Å². The second-order valence-corrected chi connectivity index (χ2v) is 13.7. The number of phenols is 1. The molecule has 0 saturated carbocycles. The predicted molar refractivity (Wildman–Crippen MR) is 171 cm³/mol. The molecule has 0 atom stereocenters. The van der Waals surface area contributed by atoms with E-state index in [1.54, 1.807) is 12.1 Å². The highest BCUT2D eigenvalue weighted by Crippen LogP contribution is 2.43. The summed E-state index contributed by atoms with van der Waals surface area (Å²) in [7, 11) is 0. The third kappa shape index (κ3) is 11.3. The first-order valence-corrected chi connectivity index (χ1v) is 16.1. The zero-order chi connectivity index (χ0) is 29.6. The summed E-state index contributed by atoms with van der Waals surface area (Å²) in [5, 5.41) is 11.5. The van der Waals surface area contributed by atoms with Crippen molar-refractivity contribution in [2.45, 2.75) is 156 Å². The minimum atomic E-state index is -0.345. The van der Waals surface area contributed by atoms with E-state index in [0.717, 1.165) is 36.0 Å². The quantitative estimate of drug-likeness (QED) is 0.121. The summed E-state index contributed by atoms with van der Waals surface area (Å²) >= 11 is 0. The smallest absolute Gasteiger partial charge is 0.343 e. The molecule has 0 fully saturated rings. The molecule has 0 aliphatic carbocycles. The van der Waals surface area contributed by atoms with Crippen LogP contribution in [0.5, 0.6) is 11.5 Å². The van der Waals surface area contributed by atoms with Crippen LogP contribution in [0.4, 0.5) is 0 Å². The van der Waals surface area contributed by atoms with Crippen molar-refractivity contribution in [2.75, 3.05) is 0 Å². The second-order valence-electron chi connectivity index (χ2n) is 13.7. The molecule has 2 aromatic rings. The molecule has 0 aromatic heterocycles. The first-order chi connectivity index (χ1) is 19.0. The Balaban J connectivity index is 2.02. The van der Waals surface area contributed by atoms with E-state index in [1.807, 2.05) is 24.3 Å². The van der Waals surface area contributed by atoms with Crippen molar-refractivity contribution in [3.8, 4) is 11.5 Å². The van der Waals surface area contributed by atoms with E-state index < -0.39 is 0 Å². The molecular weight excluding hydrogens is 492 g/mol. The van der Waals surface area contributed by atoms with Crippen LogP contribution in [0.2, 0.25) is 0 Å². The topological polar surface area (TPSA) is 46.5 Å². The van der Waals surface area contributed by atoms with Crippen molar-refractivity contribution in [3.63, 3.8) is 0 Å². The van der Waals surface area contributed by atoms with Crippen molar-refractivity contribution in [2.24, 2.45) is 0 Å². The fourth-order valence-corrected chi connectivity index (χ4v) is 5.68. The number of rotatable bonds is 17. The van der Waals surface area contributed by atoms with Gasteiger partial charge in [0.2, 0.25) is 0 Å². The molecule has 0 spiro atoms. The highest BCUT2D eigenvalue weighted by atomic mass is 16.5. The molecule has 3 nitrogen and oxygen atoms in total. The summed E-state index contributed by atoms with van der Waals surface area (Å²) in [6.07, 6.45) is 19.2. The number of aromatic hydroxyl groups is 1. The van der Waals surface area contributed by atoms with E-state index in [-0.39, 0.29) is 16.8 Å². The highest BCUT2D eigenvalue weighted by molar-refractivity contribution is 5.94. The summed E-state index contributed by atoms with van der Waals surface area (Å²) in [6, 6.07) is 11.2. The molecule has 1 N–H and O–H groups in total. The summed E-state index contributed by atoms with van der Waals surface area (Å²) < 4.78 is 5.82. The largest absolute Gasteiger partial charge is 0.507 e. The number of carbonyl (C=O) groups excluding carboxylic acids is 1. The maximum Gasteiger partial charge on any atom is 0.343 e. The van der Waals surface area contributed by atoms with Crippen LogP contribution in [0.25, 0.3) is 0 Å². The van der Waals surface area contributed by atoms with Crippen molar-refractivity contribution in [1.82, 2.24) is 0 Å². The number of ether oxygens (including phenoxy) is 1. The van der Waals surface area contributed by atoms with Gasteiger partial charge < -0.3 is 9.84 Å². The van der Waals surface area contributed by atoms with Crippen molar-refractivity contribution in [1.29, 1.82) is 0 Å². The van der Waals surface area contributed by atoms with Crippen molar-refractivity contribution >= 4 is 5.97 Å².